The van der Waals surface area contributed by atoms with Gasteiger partial charge in [-0.1, -0.05) is 0 Å². The van der Waals surface area contributed by atoms with E-state index in [9.17, 15) is 4.79 Å². The number of thiol groups is 1. The zero-order chi connectivity index (χ0) is 12.0. The molecule has 0 N–H and O–H groups in total. The number of Topliss-reactive ketones (excluding diaryl/α,β-unsaturated/α-hetero) is 1. The van der Waals surface area contributed by atoms with E-state index in [2.05, 4.69) is 12.6 Å². The average molecular weight is 256 g/mol. The molecule has 0 spiro atoms. The van der Waals surface area contributed by atoms with Gasteiger partial charge in [-0.05, 0) is 36.9 Å². The molecule has 88 valence electrons. The number of methoxy groups -OCH3 is 1. The van der Waals surface area contributed by atoms with Crippen molar-refractivity contribution >= 4 is 30.2 Å². The molecule has 0 aliphatic heterocycles. The van der Waals surface area contributed by atoms with Gasteiger partial charge in [-0.25, -0.2) is 0 Å². The first-order valence-electron chi connectivity index (χ1n) is 5.05. The molecule has 1 aromatic carbocycles. The maximum absolute atomic E-state index is 11.8. The molecule has 0 radical (unpaired) electrons. The summed E-state index contributed by atoms with van der Waals surface area (Å²) in [6.45, 7) is 0. The van der Waals surface area contributed by atoms with Gasteiger partial charge in [0.25, 0.3) is 0 Å². The van der Waals surface area contributed by atoms with Crippen LogP contribution in [0.3, 0.4) is 0 Å². The van der Waals surface area contributed by atoms with Gasteiger partial charge in [-0.2, -0.15) is 24.4 Å². The lowest BCUT2D eigenvalue weighted by Gasteiger charge is -2.06. The van der Waals surface area contributed by atoms with Gasteiger partial charge in [0, 0.05) is 16.6 Å². The van der Waals surface area contributed by atoms with Crippen molar-refractivity contribution in [1.82, 2.24) is 0 Å². The topological polar surface area (TPSA) is 26.3 Å². The van der Waals surface area contributed by atoms with Crippen molar-refractivity contribution in [3.8, 4) is 5.75 Å². The Morgan fingerprint density at radius 3 is 2.56 bits per heavy atom. The lowest BCUT2D eigenvalue weighted by molar-refractivity contribution is 0.0981. The first-order valence-corrected chi connectivity index (χ1v) is 6.86. The van der Waals surface area contributed by atoms with E-state index in [1.54, 1.807) is 43.1 Å². The molecule has 0 aromatic heterocycles. The van der Waals surface area contributed by atoms with Crippen molar-refractivity contribution in [3.05, 3.63) is 29.8 Å². The Hall–Kier alpha value is -0.610. The van der Waals surface area contributed by atoms with Gasteiger partial charge >= 0.3 is 0 Å². The predicted molar refractivity (Wildman–Crippen MR) is 72.8 cm³/mol. The van der Waals surface area contributed by atoms with Crippen LogP contribution in [0.5, 0.6) is 5.75 Å². The Kier molecular flexibility index (Phi) is 5.77. The lowest BCUT2D eigenvalue weighted by atomic mass is 10.1. The smallest absolute Gasteiger partial charge is 0.162 e. The molecule has 0 bridgehead atoms. The second-order valence-corrected chi connectivity index (χ2v) is 5.39. The van der Waals surface area contributed by atoms with Crippen LogP contribution in [-0.2, 0) is 0 Å². The summed E-state index contributed by atoms with van der Waals surface area (Å²) in [5.41, 5.74) is 0.738. The number of benzene rings is 1. The minimum atomic E-state index is 0.163. The van der Waals surface area contributed by atoms with Gasteiger partial charge in [-0.3, -0.25) is 4.79 Å². The number of ketones is 1. The van der Waals surface area contributed by atoms with Crippen molar-refractivity contribution in [2.45, 2.75) is 17.4 Å². The number of hydrogen-bond donors (Lipinski definition) is 1. The highest BCUT2D eigenvalue weighted by molar-refractivity contribution is 8.09. The predicted octanol–water partition coefficient (Wildman–Crippen LogP) is 3.28. The molecule has 1 atom stereocenters. The average Bonchev–Trinajstić information content (AvgIpc) is 2.35. The number of ether oxygens (including phenoxy) is 1. The Bertz CT molecular complexity index is 335. The highest BCUT2D eigenvalue weighted by atomic mass is 32.2. The molecule has 4 heteroatoms. The van der Waals surface area contributed by atoms with E-state index in [0.717, 1.165) is 17.7 Å². The molecule has 1 unspecified atom stereocenters. The zero-order valence-corrected chi connectivity index (χ0v) is 11.2. The second-order valence-electron chi connectivity index (χ2n) is 3.38. The summed E-state index contributed by atoms with van der Waals surface area (Å²) < 4.78 is 5.28. The maximum Gasteiger partial charge on any atom is 0.162 e. The number of carbonyl (C=O) groups excluding carboxylic acids is 1. The van der Waals surface area contributed by atoms with Crippen LogP contribution in [0.2, 0.25) is 0 Å². The summed E-state index contributed by atoms with van der Waals surface area (Å²) >= 11 is 6.00. The minimum absolute atomic E-state index is 0.163. The Morgan fingerprint density at radius 1 is 1.44 bits per heavy atom. The molecule has 1 rings (SSSR count). The van der Waals surface area contributed by atoms with E-state index in [4.69, 9.17) is 4.74 Å². The summed E-state index contributed by atoms with van der Waals surface area (Å²) in [5, 5.41) is 0. The number of hydrogen-bond acceptors (Lipinski definition) is 4. The van der Waals surface area contributed by atoms with Crippen LogP contribution >= 0.6 is 24.4 Å². The molecule has 0 fully saturated rings. The molecule has 0 heterocycles. The molecule has 0 saturated carbocycles. The molecule has 0 amide bonds. The van der Waals surface area contributed by atoms with Crippen LogP contribution in [-0.4, -0.2) is 23.7 Å². The van der Waals surface area contributed by atoms with E-state index < -0.39 is 0 Å². The first-order chi connectivity index (χ1) is 7.67. The van der Waals surface area contributed by atoms with Crippen molar-refractivity contribution in [2.75, 3.05) is 13.4 Å². The van der Waals surface area contributed by atoms with Gasteiger partial charge in [0.1, 0.15) is 5.75 Å². The van der Waals surface area contributed by atoms with Crippen molar-refractivity contribution in [1.29, 1.82) is 0 Å². The van der Waals surface area contributed by atoms with E-state index in [-0.39, 0.29) is 10.4 Å². The molecular formula is C12H16O2S2. The number of rotatable bonds is 6. The van der Waals surface area contributed by atoms with Crippen LogP contribution in [0.1, 0.15) is 23.2 Å². The van der Waals surface area contributed by atoms with E-state index in [0.29, 0.717) is 6.42 Å². The van der Waals surface area contributed by atoms with E-state index >= 15 is 0 Å². The van der Waals surface area contributed by atoms with Crippen LogP contribution < -0.4 is 4.74 Å². The molecule has 0 aliphatic rings. The second kappa shape index (κ2) is 6.86. The van der Waals surface area contributed by atoms with Crippen molar-refractivity contribution < 1.29 is 9.53 Å². The van der Waals surface area contributed by atoms with E-state index in [1.807, 2.05) is 6.26 Å². The zero-order valence-electron chi connectivity index (χ0n) is 9.47. The largest absolute Gasteiger partial charge is 0.497 e. The SMILES string of the molecule is COc1ccc(C(=O)CCC(S)SC)cc1. The Labute approximate surface area is 106 Å². The van der Waals surface area contributed by atoms with Gasteiger partial charge in [0.05, 0.1) is 7.11 Å². The standard InChI is InChI=1S/C12H16O2S2/c1-14-10-5-3-9(4-6-10)11(13)7-8-12(15)16-2/h3-6,12,15H,7-8H2,1-2H3. The minimum Gasteiger partial charge on any atom is -0.497 e. The maximum atomic E-state index is 11.8. The third kappa shape index (κ3) is 4.10. The van der Waals surface area contributed by atoms with Crippen LogP contribution in [0.4, 0.5) is 0 Å². The van der Waals surface area contributed by atoms with Crippen LogP contribution in [0, 0.1) is 0 Å². The monoisotopic (exact) mass is 256 g/mol. The summed E-state index contributed by atoms with van der Waals surface area (Å²) in [5.74, 6) is 0.934. The van der Waals surface area contributed by atoms with Crippen LogP contribution in [0.15, 0.2) is 24.3 Å². The molecule has 1 aromatic rings. The molecule has 0 aliphatic carbocycles. The third-order valence-electron chi connectivity index (χ3n) is 2.30. The summed E-state index contributed by atoms with van der Waals surface area (Å²) in [4.78, 5) is 11.8. The fraction of sp³-hybridized carbons (Fsp3) is 0.417. The van der Waals surface area contributed by atoms with Gasteiger partial charge < -0.3 is 4.74 Å². The first kappa shape index (κ1) is 13.5. The van der Waals surface area contributed by atoms with Crippen LogP contribution in [0.25, 0.3) is 0 Å². The summed E-state index contributed by atoms with van der Waals surface area (Å²) in [6.07, 6.45) is 3.34. The quantitative estimate of drug-likeness (QED) is 0.480. The Balaban J connectivity index is 2.52. The summed E-state index contributed by atoms with van der Waals surface area (Å²) in [7, 11) is 1.61. The fourth-order valence-electron chi connectivity index (χ4n) is 1.29. The molecular weight excluding hydrogens is 240 g/mol. The highest BCUT2D eigenvalue weighted by Crippen LogP contribution is 2.19. The van der Waals surface area contributed by atoms with E-state index in [1.165, 1.54) is 0 Å². The molecule has 16 heavy (non-hydrogen) atoms. The van der Waals surface area contributed by atoms with Gasteiger partial charge in [0.2, 0.25) is 0 Å². The highest BCUT2D eigenvalue weighted by Gasteiger charge is 2.08. The lowest BCUT2D eigenvalue weighted by Crippen LogP contribution is -2.02. The van der Waals surface area contributed by atoms with Gasteiger partial charge in [-0.15, -0.1) is 0 Å². The van der Waals surface area contributed by atoms with Crippen molar-refractivity contribution in [3.63, 3.8) is 0 Å². The van der Waals surface area contributed by atoms with Gasteiger partial charge in [0.15, 0.2) is 5.78 Å². The number of thioether (sulfide) groups is 1. The fourth-order valence-corrected chi connectivity index (χ4v) is 1.78. The third-order valence-corrected chi connectivity index (χ3v) is 3.97. The summed E-state index contributed by atoms with van der Waals surface area (Å²) in [6, 6.07) is 7.21. The normalized spacial score (nSPS) is 12.2. The number of carbonyl (C=O) groups is 1. The Morgan fingerprint density at radius 2 is 2.06 bits per heavy atom. The molecule has 0 saturated heterocycles. The van der Waals surface area contributed by atoms with Crippen molar-refractivity contribution in [2.24, 2.45) is 0 Å². The molecule has 2 nitrogen and oxygen atoms in total.